The fourth-order valence-electron chi connectivity index (χ4n) is 2.49. The molecule has 0 bridgehead atoms. The summed E-state index contributed by atoms with van der Waals surface area (Å²) in [5.41, 5.74) is 6.99. The molecule has 0 amide bonds. The summed E-state index contributed by atoms with van der Waals surface area (Å²) in [5.74, 6) is 1.81. The van der Waals surface area contributed by atoms with Crippen LogP contribution >= 0.6 is 0 Å². The minimum Gasteiger partial charge on any atom is -0.491 e. The van der Waals surface area contributed by atoms with E-state index in [4.69, 9.17) is 15.2 Å². The molecule has 1 fully saturated rings. The Labute approximate surface area is 95.5 Å². The van der Waals surface area contributed by atoms with Crippen LogP contribution in [-0.2, 0) is 0 Å². The Bertz CT molecular complexity index is 386. The third-order valence-corrected chi connectivity index (χ3v) is 3.41. The molecule has 1 aromatic rings. The molecule has 16 heavy (non-hydrogen) atoms. The van der Waals surface area contributed by atoms with Crippen molar-refractivity contribution in [3.63, 3.8) is 0 Å². The largest absolute Gasteiger partial charge is 0.491 e. The average Bonchev–Trinajstić information content (AvgIpc) is 2.90. The molecule has 1 heterocycles. The zero-order valence-electron chi connectivity index (χ0n) is 9.32. The normalized spacial score (nSPS) is 24.2. The number of rotatable bonds is 2. The van der Waals surface area contributed by atoms with Gasteiger partial charge < -0.3 is 15.2 Å². The highest BCUT2D eigenvalue weighted by Crippen LogP contribution is 2.35. The molecule has 1 aliphatic carbocycles. The van der Waals surface area contributed by atoms with Crippen molar-refractivity contribution < 1.29 is 9.47 Å². The lowest BCUT2D eigenvalue weighted by Crippen LogP contribution is -2.11. The van der Waals surface area contributed by atoms with Gasteiger partial charge in [-0.1, -0.05) is 0 Å². The zero-order valence-corrected chi connectivity index (χ0v) is 9.32. The first kappa shape index (κ1) is 9.97. The van der Waals surface area contributed by atoms with Gasteiger partial charge in [-0.15, -0.1) is 0 Å². The van der Waals surface area contributed by atoms with E-state index in [0.29, 0.717) is 12.7 Å². The topological polar surface area (TPSA) is 44.5 Å². The minimum absolute atomic E-state index is 0.0236. The molecule has 0 saturated heterocycles. The van der Waals surface area contributed by atoms with Crippen LogP contribution in [0.5, 0.6) is 11.5 Å². The highest BCUT2D eigenvalue weighted by Gasteiger charge is 2.22. The van der Waals surface area contributed by atoms with Crippen molar-refractivity contribution in [3.8, 4) is 11.5 Å². The van der Waals surface area contributed by atoms with E-state index in [1.165, 1.54) is 25.7 Å². The fourth-order valence-corrected chi connectivity index (χ4v) is 2.49. The first-order valence-electron chi connectivity index (χ1n) is 6.02. The van der Waals surface area contributed by atoms with Crippen molar-refractivity contribution in [2.75, 3.05) is 6.61 Å². The summed E-state index contributed by atoms with van der Waals surface area (Å²) in [6, 6.07) is 6.03. The van der Waals surface area contributed by atoms with E-state index in [1.54, 1.807) is 0 Å². The SMILES string of the molecule is NC1COc2cc(OC3CCCC3)ccc21. The summed E-state index contributed by atoms with van der Waals surface area (Å²) in [4.78, 5) is 0. The highest BCUT2D eigenvalue weighted by molar-refractivity contribution is 5.44. The summed E-state index contributed by atoms with van der Waals surface area (Å²) >= 11 is 0. The molecule has 0 aromatic heterocycles. The maximum atomic E-state index is 5.91. The minimum atomic E-state index is 0.0236. The van der Waals surface area contributed by atoms with Gasteiger partial charge in [0, 0.05) is 11.6 Å². The van der Waals surface area contributed by atoms with Crippen molar-refractivity contribution in [3.05, 3.63) is 23.8 Å². The van der Waals surface area contributed by atoms with Crippen LogP contribution in [0.15, 0.2) is 18.2 Å². The average molecular weight is 219 g/mol. The number of benzene rings is 1. The van der Waals surface area contributed by atoms with Gasteiger partial charge in [-0.3, -0.25) is 0 Å². The van der Waals surface area contributed by atoms with Gasteiger partial charge in [-0.2, -0.15) is 0 Å². The second-order valence-electron chi connectivity index (χ2n) is 4.64. The first-order valence-corrected chi connectivity index (χ1v) is 6.02. The summed E-state index contributed by atoms with van der Waals surface area (Å²) in [5, 5.41) is 0. The quantitative estimate of drug-likeness (QED) is 0.830. The lowest BCUT2D eigenvalue weighted by Gasteiger charge is -2.13. The predicted molar refractivity (Wildman–Crippen MR) is 61.7 cm³/mol. The Morgan fingerprint density at radius 2 is 2.06 bits per heavy atom. The molecule has 2 N–H and O–H groups in total. The smallest absolute Gasteiger partial charge is 0.127 e. The molecule has 3 heteroatoms. The molecular weight excluding hydrogens is 202 g/mol. The maximum Gasteiger partial charge on any atom is 0.127 e. The molecule has 3 rings (SSSR count). The van der Waals surface area contributed by atoms with Gasteiger partial charge in [-0.05, 0) is 37.8 Å². The molecule has 0 radical (unpaired) electrons. The van der Waals surface area contributed by atoms with E-state index in [-0.39, 0.29) is 6.04 Å². The van der Waals surface area contributed by atoms with Gasteiger partial charge in [0.25, 0.3) is 0 Å². The third kappa shape index (κ3) is 1.76. The number of nitrogens with two attached hydrogens (primary N) is 1. The van der Waals surface area contributed by atoms with Gasteiger partial charge in [0.1, 0.15) is 18.1 Å². The van der Waals surface area contributed by atoms with Crippen LogP contribution in [0.25, 0.3) is 0 Å². The number of fused-ring (bicyclic) bond motifs is 1. The van der Waals surface area contributed by atoms with Crippen LogP contribution in [-0.4, -0.2) is 12.7 Å². The summed E-state index contributed by atoms with van der Waals surface area (Å²) < 4.78 is 11.4. The number of hydrogen-bond acceptors (Lipinski definition) is 3. The Morgan fingerprint density at radius 3 is 2.88 bits per heavy atom. The van der Waals surface area contributed by atoms with Gasteiger partial charge in [0.2, 0.25) is 0 Å². The van der Waals surface area contributed by atoms with Gasteiger partial charge in [0.15, 0.2) is 0 Å². The second-order valence-corrected chi connectivity index (χ2v) is 4.64. The molecule has 86 valence electrons. The standard InChI is InChI=1S/C13H17NO2/c14-12-8-15-13-7-10(5-6-11(12)13)16-9-3-1-2-4-9/h5-7,9,12H,1-4,8,14H2. The molecule has 1 saturated carbocycles. The van der Waals surface area contributed by atoms with Crippen LogP contribution in [0.2, 0.25) is 0 Å². The monoisotopic (exact) mass is 219 g/mol. The van der Waals surface area contributed by atoms with Crippen LogP contribution in [0, 0.1) is 0 Å². The van der Waals surface area contributed by atoms with E-state index in [9.17, 15) is 0 Å². The van der Waals surface area contributed by atoms with E-state index in [1.807, 2.05) is 18.2 Å². The van der Waals surface area contributed by atoms with E-state index in [2.05, 4.69) is 0 Å². The predicted octanol–water partition coefficient (Wildman–Crippen LogP) is 2.40. The van der Waals surface area contributed by atoms with Crippen LogP contribution in [0.3, 0.4) is 0 Å². The van der Waals surface area contributed by atoms with Gasteiger partial charge in [-0.25, -0.2) is 0 Å². The Morgan fingerprint density at radius 1 is 1.25 bits per heavy atom. The molecule has 3 nitrogen and oxygen atoms in total. The van der Waals surface area contributed by atoms with E-state index in [0.717, 1.165) is 17.1 Å². The van der Waals surface area contributed by atoms with Crippen molar-refractivity contribution in [1.82, 2.24) is 0 Å². The van der Waals surface area contributed by atoms with E-state index >= 15 is 0 Å². The lowest BCUT2D eigenvalue weighted by molar-refractivity contribution is 0.209. The molecule has 0 spiro atoms. The van der Waals surface area contributed by atoms with Crippen molar-refractivity contribution >= 4 is 0 Å². The maximum absolute atomic E-state index is 5.91. The van der Waals surface area contributed by atoms with Crippen molar-refractivity contribution in [1.29, 1.82) is 0 Å². The van der Waals surface area contributed by atoms with Gasteiger partial charge >= 0.3 is 0 Å². The molecule has 2 aliphatic rings. The van der Waals surface area contributed by atoms with Gasteiger partial charge in [0.05, 0.1) is 12.1 Å². The summed E-state index contributed by atoms with van der Waals surface area (Å²) in [7, 11) is 0. The van der Waals surface area contributed by atoms with Crippen LogP contribution < -0.4 is 15.2 Å². The number of hydrogen-bond donors (Lipinski definition) is 1. The Kier molecular flexibility index (Phi) is 2.48. The highest BCUT2D eigenvalue weighted by atomic mass is 16.5. The van der Waals surface area contributed by atoms with Crippen LogP contribution in [0.1, 0.15) is 37.3 Å². The lowest BCUT2D eigenvalue weighted by atomic mass is 10.1. The third-order valence-electron chi connectivity index (χ3n) is 3.41. The van der Waals surface area contributed by atoms with Crippen molar-refractivity contribution in [2.45, 2.75) is 37.8 Å². The summed E-state index contributed by atoms with van der Waals surface area (Å²) in [6.07, 6.45) is 5.33. The molecule has 1 unspecified atom stereocenters. The van der Waals surface area contributed by atoms with E-state index < -0.39 is 0 Å². The molecule has 1 atom stereocenters. The van der Waals surface area contributed by atoms with Crippen molar-refractivity contribution in [2.24, 2.45) is 5.73 Å². The second kappa shape index (κ2) is 3.98. The Balaban J connectivity index is 1.76. The Hall–Kier alpha value is -1.22. The summed E-state index contributed by atoms with van der Waals surface area (Å²) in [6.45, 7) is 0.586. The molecule has 1 aromatic carbocycles. The van der Waals surface area contributed by atoms with Crippen LogP contribution in [0.4, 0.5) is 0 Å². The molecule has 1 aliphatic heterocycles. The molecular formula is C13H17NO2. The first-order chi connectivity index (χ1) is 7.83. The fraction of sp³-hybridized carbons (Fsp3) is 0.538. The number of ether oxygens (including phenoxy) is 2. The zero-order chi connectivity index (χ0) is 11.0.